The van der Waals surface area contributed by atoms with E-state index in [2.05, 4.69) is 5.32 Å². The summed E-state index contributed by atoms with van der Waals surface area (Å²) in [6.45, 7) is 2.41. The highest BCUT2D eigenvalue weighted by molar-refractivity contribution is 6.30. The molecule has 0 aliphatic carbocycles. The fourth-order valence-corrected chi connectivity index (χ4v) is 6.25. The largest absolute Gasteiger partial charge is 0.481 e. The van der Waals surface area contributed by atoms with Gasteiger partial charge in [-0.25, -0.2) is 0 Å². The van der Waals surface area contributed by atoms with Gasteiger partial charge in [0, 0.05) is 41.1 Å². The molecule has 4 rings (SSSR count). The molecule has 2 aromatic carbocycles. The van der Waals surface area contributed by atoms with Crippen LogP contribution in [0.5, 0.6) is 0 Å². The van der Waals surface area contributed by atoms with E-state index < -0.39 is 48.3 Å². The zero-order valence-electron chi connectivity index (χ0n) is 21.5. The van der Waals surface area contributed by atoms with E-state index in [1.165, 1.54) is 0 Å². The van der Waals surface area contributed by atoms with Crippen LogP contribution in [-0.2, 0) is 9.59 Å². The number of halogens is 5. The number of carboxylic acids is 1. The molecular formula is C28H31Cl2F3N2O4. The number of nitrogens with one attached hydrogen (secondary N) is 1. The predicted octanol–water partition coefficient (Wildman–Crippen LogP) is 5.82. The zero-order valence-corrected chi connectivity index (χ0v) is 23.0. The molecule has 0 saturated carbocycles. The number of carboxylic acid groups (broad SMARTS) is 1. The van der Waals surface area contributed by atoms with Crippen molar-refractivity contribution < 1.29 is 33.0 Å². The first kappa shape index (κ1) is 29.6. The van der Waals surface area contributed by atoms with E-state index in [1.807, 2.05) is 13.0 Å². The summed E-state index contributed by atoms with van der Waals surface area (Å²) in [5, 5.41) is 23.6. The van der Waals surface area contributed by atoms with Crippen molar-refractivity contribution in [1.82, 2.24) is 10.2 Å². The molecule has 0 radical (unpaired) electrons. The van der Waals surface area contributed by atoms with Crippen molar-refractivity contribution in [1.29, 1.82) is 0 Å². The number of hydrogen-bond acceptors (Lipinski definition) is 4. The van der Waals surface area contributed by atoms with Gasteiger partial charge in [0.25, 0.3) is 0 Å². The van der Waals surface area contributed by atoms with Crippen molar-refractivity contribution in [2.45, 2.75) is 62.9 Å². The maximum absolute atomic E-state index is 13.4. The first-order valence-electron chi connectivity index (χ1n) is 12.7. The van der Waals surface area contributed by atoms with E-state index in [9.17, 15) is 33.0 Å². The first-order valence-corrected chi connectivity index (χ1v) is 13.4. The van der Waals surface area contributed by atoms with Gasteiger partial charge in [0.05, 0.1) is 11.8 Å². The first-order chi connectivity index (χ1) is 18.1. The van der Waals surface area contributed by atoms with Gasteiger partial charge in [-0.05, 0) is 54.2 Å². The lowest BCUT2D eigenvalue weighted by molar-refractivity contribution is -0.306. The third-order valence-electron chi connectivity index (χ3n) is 8.13. The number of carbonyl (C=O) groups excluding carboxylic acids is 1. The van der Waals surface area contributed by atoms with Crippen LogP contribution < -0.4 is 5.32 Å². The molecule has 2 saturated heterocycles. The molecule has 0 spiro atoms. The Morgan fingerprint density at radius 2 is 1.79 bits per heavy atom. The maximum atomic E-state index is 13.4. The average Bonchev–Trinajstić information content (AvgIpc) is 2.81. The van der Waals surface area contributed by atoms with Crippen LogP contribution in [-0.4, -0.2) is 57.9 Å². The number of β-amino-alcohol motifs (C(OH)–C–C–N with tert-alkyl or cyclic N) is 1. The molecule has 1 amide bonds. The molecule has 11 heteroatoms. The number of benzene rings is 2. The van der Waals surface area contributed by atoms with Gasteiger partial charge in [0.1, 0.15) is 0 Å². The predicted molar refractivity (Wildman–Crippen MR) is 142 cm³/mol. The van der Waals surface area contributed by atoms with Crippen molar-refractivity contribution in [3.05, 3.63) is 69.7 Å². The van der Waals surface area contributed by atoms with Crippen LogP contribution >= 0.6 is 23.2 Å². The van der Waals surface area contributed by atoms with Crippen LogP contribution in [0.15, 0.2) is 48.5 Å². The summed E-state index contributed by atoms with van der Waals surface area (Å²) >= 11 is 12.3. The highest BCUT2D eigenvalue weighted by atomic mass is 35.5. The van der Waals surface area contributed by atoms with Crippen molar-refractivity contribution in [3.63, 3.8) is 0 Å². The molecule has 6 nitrogen and oxygen atoms in total. The van der Waals surface area contributed by atoms with Gasteiger partial charge in [0.2, 0.25) is 5.91 Å². The number of likely N-dealkylation sites (tertiary alicyclic amines) is 1. The van der Waals surface area contributed by atoms with E-state index in [1.54, 1.807) is 54.3 Å². The van der Waals surface area contributed by atoms with E-state index in [-0.39, 0.29) is 30.6 Å². The number of alkyl halides is 3. The lowest BCUT2D eigenvalue weighted by atomic mass is 9.67. The summed E-state index contributed by atoms with van der Waals surface area (Å²) in [5.74, 6) is -1.98. The second-order valence-corrected chi connectivity index (χ2v) is 12.1. The molecular weight excluding hydrogens is 556 g/mol. The second kappa shape index (κ2) is 10.9. The number of rotatable bonds is 8. The molecule has 3 N–H and O–H groups in total. The molecule has 0 bridgehead atoms. The summed E-state index contributed by atoms with van der Waals surface area (Å²) in [5.41, 5.74) is -2.34. The Hall–Kier alpha value is -2.33. The number of amides is 1. The van der Waals surface area contributed by atoms with Crippen LogP contribution in [0.2, 0.25) is 10.0 Å². The fraction of sp³-hybridized carbons (Fsp3) is 0.500. The Morgan fingerprint density at radius 3 is 2.36 bits per heavy atom. The minimum absolute atomic E-state index is 0.243. The van der Waals surface area contributed by atoms with Crippen molar-refractivity contribution in [2.75, 3.05) is 13.1 Å². The Bertz CT molecular complexity index is 1220. The van der Waals surface area contributed by atoms with Gasteiger partial charge in [-0.1, -0.05) is 61.3 Å². The Kier molecular flexibility index (Phi) is 8.30. The summed E-state index contributed by atoms with van der Waals surface area (Å²) in [4.78, 5) is 26.4. The van der Waals surface area contributed by atoms with Gasteiger partial charge in [-0.15, -0.1) is 0 Å². The van der Waals surface area contributed by atoms with Crippen LogP contribution in [0.1, 0.15) is 56.2 Å². The zero-order chi connectivity index (χ0) is 28.8. The average molecular weight is 587 g/mol. The van der Waals surface area contributed by atoms with Gasteiger partial charge in [-0.2, -0.15) is 13.2 Å². The van der Waals surface area contributed by atoms with Crippen LogP contribution in [0.4, 0.5) is 13.2 Å². The molecule has 2 aromatic rings. The summed E-state index contributed by atoms with van der Waals surface area (Å²) in [6, 6.07) is 13.1. The number of nitrogens with zero attached hydrogens (tertiary/aromatic N) is 1. The minimum atomic E-state index is -4.75. The quantitative estimate of drug-likeness (QED) is 0.362. The highest BCUT2D eigenvalue weighted by Crippen LogP contribution is 2.47. The van der Waals surface area contributed by atoms with E-state index in [0.717, 1.165) is 11.1 Å². The maximum Gasteiger partial charge on any atom is 0.419 e. The van der Waals surface area contributed by atoms with Gasteiger partial charge < -0.3 is 15.5 Å². The molecule has 2 aliphatic rings. The third kappa shape index (κ3) is 6.21. The number of aliphatic hydroxyl groups is 1. The Morgan fingerprint density at radius 1 is 1.15 bits per heavy atom. The van der Waals surface area contributed by atoms with E-state index >= 15 is 0 Å². The lowest BCUT2D eigenvalue weighted by Crippen LogP contribution is -2.69. The molecule has 212 valence electrons. The molecule has 39 heavy (non-hydrogen) atoms. The van der Waals surface area contributed by atoms with Crippen molar-refractivity contribution in [2.24, 2.45) is 11.3 Å². The van der Waals surface area contributed by atoms with Crippen molar-refractivity contribution in [3.8, 4) is 0 Å². The van der Waals surface area contributed by atoms with Gasteiger partial charge in [-0.3, -0.25) is 14.5 Å². The Labute approximate surface area is 235 Å². The fourth-order valence-electron chi connectivity index (χ4n) is 5.92. The Balaban J connectivity index is 1.64. The number of aliphatic carboxylic acids is 1. The van der Waals surface area contributed by atoms with Crippen LogP contribution in [0.3, 0.4) is 0 Å². The van der Waals surface area contributed by atoms with Crippen LogP contribution in [0, 0.1) is 11.3 Å². The van der Waals surface area contributed by atoms with Crippen LogP contribution in [0.25, 0.3) is 0 Å². The lowest BCUT2D eigenvalue weighted by Gasteiger charge is -2.52. The van der Waals surface area contributed by atoms with Gasteiger partial charge in [0.15, 0.2) is 5.60 Å². The molecule has 2 fully saturated rings. The summed E-state index contributed by atoms with van der Waals surface area (Å²) < 4.78 is 40.2. The monoisotopic (exact) mass is 586 g/mol. The van der Waals surface area contributed by atoms with Gasteiger partial charge >= 0.3 is 12.1 Å². The summed E-state index contributed by atoms with van der Waals surface area (Å²) in [7, 11) is 0. The standard InChI is InChI=1S/C28H31Cl2F3N2O4/c1-16(10-22(17-6-8-19(29)9-7-17)35-14-27(39,15-35)28(31,32)33)24-21(18-4-3-5-20(30)11-18)12-26(2,13-23(36)37)25(38)34-24/h3-9,11,16,21-22,24,39H,10,12-15H2,1-2H3,(H,34,38)(H,36,37)/t16?,21-,22+,24+,26+/m1/s1. The minimum Gasteiger partial charge on any atom is -0.481 e. The number of hydrogen-bond donors (Lipinski definition) is 3. The SMILES string of the molecule is CC(C[C@@H](c1ccc(Cl)cc1)N1CC(O)(C(F)(F)F)C1)[C@@H]1NC(=O)[C@](C)(CC(=O)O)C[C@@H]1c1cccc(Cl)c1. The molecule has 1 unspecified atom stereocenters. The second-order valence-electron chi connectivity index (χ2n) is 11.2. The number of carbonyl (C=O) groups is 2. The highest BCUT2D eigenvalue weighted by Gasteiger charge is 2.62. The van der Waals surface area contributed by atoms with E-state index in [4.69, 9.17) is 23.2 Å². The third-order valence-corrected chi connectivity index (χ3v) is 8.62. The normalized spacial score (nSPS) is 26.8. The summed E-state index contributed by atoms with van der Waals surface area (Å²) in [6.07, 6.45) is -4.45. The van der Waals surface area contributed by atoms with Crippen molar-refractivity contribution >= 4 is 35.1 Å². The van der Waals surface area contributed by atoms with E-state index in [0.29, 0.717) is 16.5 Å². The molecule has 0 aromatic heterocycles. The number of piperidine rings is 1. The molecule has 5 atom stereocenters. The smallest absolute Gasteiger partial charge is 0.419 e. The topological polar surface area (TPSA) is 89.9 Å². The molecule has 2 heterocycles. The molecule has 2 aliphatic heterocycles.